The Morgan fingerprint density at radius 2 is 1.43 bits per heavy atom. The van der Waals surface area contributed by atoms with E-state index < -0.39 is 10.0 Å². The predicted octanol–water partition coefficient (Wildman–Crippen LogP) is 5.35. The van der Waals surface area contributed by atoms with Crippen LogP contribution >= 0.6 is 0 Å². The van der Waals surface area contributed by atoms with Gasteiger partial charge in [-0.3, -0.25) is 4.72 Å². The highest BCUT2D eigenvalue weighted by atomic mass is 32.2. The van der Waals surface area contributed by atoms with Crippen molar-refractivity contribution in [2.24, 2.45) is 0 Å². The van der Waals surface area contributed by atoms with Crippen LogP contribution in [0, 0.1) is 13.8 Å². The molecule has 0 atom stereocenters. The first-order valence-corrected chi connectivity index (χ1v) is 11.1. The third-order valence-corrected chi connectivity index (χ3v) is 6.22. The summed E-state index contributed by atoms with van der Waals surface area (Å²) in [6.07, 6.45) is 0.464. The van der Waals surface area contributed by atoms with E-state index in [4.69, 9.17) is 4.42 Å². The molecule has 0 spiro atoms. The fourth-order valence-electron chi connectivity index (χ4n) is 3.41. The molecule has 1 N–H and O–H groups in total. The Morgan fingerprint density at radius 1 is 0.833 bits per heavy atom. The minimum Gasteiger partial charge on any atom is -0.438 e. The second-order valence-corrected chi connectivity index (χ2v) is 8.82. The van der Waals surface area contributed by atoms with Crippen LogP contribution in [-0.2, 0) is 16.4 Å². The molecule has 0 fully saturated rings. The smallest absolute Gasteiger partial charge is 0.263 e. The van der Waals surface area contributed by atoms with Crippen molar-refractivity contribution in [3.63, 3.8) is 0 Å². The summed E-state index contributed by atoms with van der Waals surface area (Å²) >= 11 is 0. The summed E-state index contributed by atoms with van der Waals surface area (Å²) < 4.78 is 34.6. The van der Waals surface area contributed by atoms with Crippen LogP contribution in [0.1, 0.15) is 22.6 Å². The summed E-state index contributed by atoms with van der Waals surface area (Å²) in [5, 5.41) is 0. The molecule has 30 heavy (non-hydrogen) atoms. The van der Waals surface area contributed by atoms with Crippen LogP contribution in [0.25, 0.3) is 11.3 Å². The van der Waals surface area contributed by atoms with Crippen LogP contribution < -0.4 is 4.72 Å². The maximum atomic E-state index is 12.9. The molecule has 1 heterocycles. The number of nitrogens with zero attached hydrogens (tertiary/aromatic N) is 1. The molecule has 0 aliphatic rings. The van der Waals surface area contributed by atoms with E-state index >= 15 is 0 Å². The molecule has 1 aromatic heterocycles. The van der Waals surface area contributed by atoms with Gasteiger partial charge in [0, 0.05) is 12.0 Å². The van der Waals surface area contributed by atoms with Crippen molar-refractivity contribution in [1.29, 1.82) is 0 Å². The number of sulfonamides is 1. The van der Waals surface area contributed by atoms with Gasteiger partial charge in [0.2, 0.25) is 5.89 Å². The molecule has 0 saturated carbocycles. The summed E-state index contributed by atoms with van der Waals surface area (Å²) in [5.41, 5.74) is 3.84. The molecule has 0 unspecified atom stereocenters. The van der Waals surface area contributed by atoms with Crippen molar-refractivity contribution in [1.82, 2.24) is 4.98 Å². The zero-order valence-electron chi connectivity index (χ0n) is 16.8. The van der Waals surface area contributed by atoms with E-state index in [-0.39, 0.29) is 10.7 Å². The number of aromatic nitrogens is 1. The largest absolute Gasteiger partial charge is 0.438 e. The normalized spacial score (nSPS) is 11.4. The summed E-state index contributed by atoms with van der Waals surface area (Å²) in [5.74, 6) is 1.07. The van der Waals surface area contributed by atoms with Crippen molar-refractivity contribution >= 4 is 15.8 Å². The minimum atomic E-state index is -3.80. The summed E-state index contributed by atoms with van der Waals surface area (Å²) in [4.78, 5) is 4.69. The molecule has 0 amide bonds. The van der Waals surface area contributed by atoms with E-state index in [0.717, 1.165) is 22.3 Å². The summed E-state index contributed by atoms with van der Waals surface area (Å²) in [6, 6.07) is 23.9. The van der Waals surface area contributed by atoms with Gasteiger partial charge in [-0.05, 0) is 42.7 Å². The maximum Gasteiger partial charge on any atom is 0.263 e. The second kappa shape index (κ2) is 8.16. The van der Waals surface area contributed by atoms with E-state index in [1.54, 1.807) is 30.3 Å². The topological polar surface area (TPSA) is 72.2 Å². The van der Waals surface area contributed by atoms with Gasteiger partial charge in [0.05, 0.1) is 4.90 Å². The number of benzene rings is 3. The first-order valence-electron chi connectivity index (χ1n) is 9.62. The molecule has 5 nitrogen and oxygen atoms in total. The monoisotopic (exact) mass is 418 g/mol. The lowest BCUT2D eigenvalue weighted by Gasteiger charge is -2.10. The molecular weight excluding hydrogens is 396 g/mol. The molecule has 0 aliphatic carbocycles. The molecule has 0 aliphatic heterocycles. The van der Waals surface area contributed by atoms with Gasteiger partial charge in [-0.25, -0.2) is 8.42 Å². The molecule has 3 aromatic carbocycles. The molecule has 0 saturated heterocycles. The molecular formula is C24H22N2O3S. The number of oxazole rings is 1. The second-order valence-electron chi connectivity index (χ2n) is 7.13. The van der Waals surface area contributed by atoms with Crippen LogP contribution in [-0.4, -0.2) is 13.4 Å². The van der Waals surface area contributed by atoms with Crippen molar-refractivity contribution in [2.45, 2.75) is 25.2 Å². The summed E-state index contributed by atoms with van der Waals surface area (Å²) in [7, 11) is -3.80. The fraction of sp³-hybridized carbons (Fsp3) is 0.125. The van der Waals surface area contributed by atoms with Crippen molar-refractivity contribution in [3.05, 3.63) is 101 Å². The third kappa shape index (κ3) is 4.14. The standard InChI is InChI=1S/C24H22N2O3S/c1-17-10-9-11-18(2)22(17)23-24(26-30(27,28)20-14-7-4-8-15-20)25-21(29-23)16-19-12-5-3-6-13-19/h3-15,26H,16H2,1-2H3. The zero-order chi connectivity index (χ0) is 21.1. The quantitative estimate of drug-likeness (QED) is 0.458. The maximum absolute atomic E-state index is 12.9. The van der Waals surface area contributed by atoms with Gasteiger partial charge >= 0.3 is 0 Å². The zero-order valence-corrected chi connectivity index (χ0v) is 17.6. The van der Waals surface area contributed by atoms with E-state index in [9.17, 15) is 8.42 Å². The Hall–Kier alpha value is -3.38. The van der Waals surface area contributed by atoms with Crippen LogP contribution in [0.4, 0.5) is 5.82 Å². The lowest BCUT2D eigenvalue weighted by Crippen LogP contribution is -2.14. The lowest BCUT2D eigenvalue weighted by molar-refractivity contribution is 0.519. The molecule has 6 heteroatoms. The molecule has 4 aromatic rings. The van der Waals surface area contributed by atoms with E-state index in [0.29, 0.717) is 18.1 Å². The van der Waals surface area contributed by atoms with Gasteiger partial charge in [0.25, 0.3) is 10.0 Å². The van der Waals surface area contributed by atoms with Gasteiger partial charge in [-0.15, -0.1) is 0 Å². The van der Waals surface area contributed by atoms with Crippen LogP contribution in [0.15, 0.2) is 88.2 Å². The van der Waals surface area contributed by atoms with E-state index in [2.05, 4.69) is 9.71 Å². The van der Waals surface area contributed by atoms with E-state index in [1.807, 2.05) is 62.4 Å². The Kier molecular flexibility index (Phi) is 5.42. The molecule has 0 radical (unpaired) electrons. The Bertz CT molecular complexity index is 1240. The molecule has 0 bridgehead atoms. The molecule has 152 valence electrons. The number of aryl methyl sites for hydroxylation is 2. The average molecular weight is 419 g/mol. The van der Waals surface area contributed by atoms with Crippen molar-refractivity contribution < 1.29 is 12.8 Å². The number of hydrogen-bond donors (Lipinski definition) is 1. The SMILES string of the molecule is Cc1cccc(C)c1-c1oc(Cc2ccccc2)nc1NS(=O)(=O)c1ccccc1. The number of anilines is 1. The highest BCUT2D eigenvalue weighted by Gasteiger charge is 2.23. The van der Waals surface area contributed by atoms with Gasteiger partial charge < -0.3 is 4.42 Å². The minimum absolute atomic E-state index is 0.171. The third-order valence-electron chi connectivity index (χ3n) is 4.86. The first kappa shape index (κ1) is 19.9. The Balaban J connectivity index is 1.80. The Labute approximate surface area is 176 Å². The highest BCUT2D eigenvalue weighted by Crippen LogP contribution is 2.35. The lowest BCUT2D eigenvalue weighted by atomic mass is 10.0. The van der Waals surface area contributed by atoms with Gasteiger partial charge in [-0.1, -0.05) is 66.7 Å². The van der Waals surface area contributed by atoms with Crippen molar-refractivity contribution in [3.8, 4) is 11.3 Å². The molecule has 4 rings (SSSR count). The number of nitrogens with one attached hydrogen (secondary N) is 1. The van der Waals surface area contributed by atoms with Crippen molar-refractivity contribution in [2.75, 3.05) is 4.72 Å². The number of rotatable bonds is 6. The van der Waals surface area contributed by atoms with E-state index in [1.165, 1.54) is 0 Å². The van der Waals surface area contributed by atoms with Crippen LogP contribution in [0.3, 0.4) is 0 Å². The number of hydrogen-bond acceptors (Lipinski definition) is 4. The summed E-state index contributed by atoms with van der Waals surface area (Å²) in [6.45, 7) is 3.94. The van der Waals surface area contributed by atoms with Gasteiger partial charge in [0.1, 0.15) is 0 Å². The average Bonchev–Trinajstić information content (AvgIpc) is 3.10. The first-order chi connectivity index (χ1) is 14.4. The fourth-order valence-corrected chi connectivity index (χ4v) is 4.43. The predicted molar refractivity (Wildman–Crippen MR) is 118 cm³/mol. The van der Waals surface area contributed by atoms with Gasteiger partial charge in [0.15, 0.2) is 11.6 Å². The Morgan fingerprint density at radius 3 is 2.07 bits per heavy atom. The highest BCUT2D eigenvalue weighted by molar-refractivity contribution is 7.92. The van der Waals surface area contributed by atoms with Crippen LogP contribution in [0.5, 0.6) is 0 Å². The van der Waals surface area contributed by atoms with Crippen LogP contribution in [0.2, 0.25) is 0 Å². The van der Waals surface area contributed by atoms with Gasteiger partial charge in [-0.2, -0.15) is 4.98 Å².